The van der Waals surface area contributed by atoms with Gasteiger partial charge in [0.15, 0.2) is 0 Å². The van der Waals surface area contributed by atoms with E-state index >= 15 is 0 Å². The average molecular weight is 401 g/mol. The fourth-order valence-electron chi connectivity index (χ4n) is 4.06. The third-order valence-electron chi connectivity index (χ3n) is 5.80. The predicted molar refractivity (Wildman–Crippen MR) is 129 cm³/mol. The van der Waals surface area contributed by atoms with Gasteiger partial charge in [0.25, 0.3) is 0 Å². The molecule has 2 N–H and O–H groups in total. The van der Waals surface area contributed by atoms with E-state index in [2.05, 4.69) is 113 Å². The number of benzene rings is 3. The highest BCUT2D eigenvalue weighted by molar-refractivity contribution is 5.75. The van der Waals surface area contributed by atoms with Gasteiger partial charge in [0, 0.05) is 38.4 Å². The molecule has 0 aliphatic carbocycles. The largest absolute Gasteiger partial charge is 0.384 e. The van der Waals surface area contributed by atoms with Gasteiger partial charge in [-0.25, -0.2) is 0 Å². The molecule has 3 aromatic carbocycles. The normalized spacial score (nSPS) is 14.7. The van der Waals surface area contributed by atoms with Gasteiger partial charge in [0.2, 0.25) is 0 Å². The van der Waals surface area contributed by atoms with E-state index in [-0.39, 0.29) is 6.04 Å². The minimum Gasteiger partial charge on any atom is -0.384 e. The maximum Gasteiger partial charge on any atom is 0.0768 e. The lowest BCUT2D eigenvalue weighted by Crippen LogP contribution is -2.44. The van der Waals surface area contributed by atoms with Crippen molar-refractivity contribution in [1.29, 1.82) is 0 Å². The van der Waals surface area contributed by atoms with E-state index in [1.807, 2.05) is 0 Å². The second kappa shape index (κ2) is 9.68. The quantitative estimate of drug-likeness (QED) is 0.580. The van der Waals surface area contributed by atoms with Crippen LogP contribution in [0.2, 0.25) is 0 Å². The molecule has 4 rings (SSSR count). The molecule has 1 fully saturated rings. The van der Waals surface area contributed by atoms with E-state index < -0.39 is 0 Å². The van der Waals surface area contributed by atoms with Gasteiger partial charge in [-0.2, -0.15) is 0 Å². The third-order valence-corrected chi connectivity index (χ3v) is 5.80. The average Bonchev–Trinajstić information content (AvgIpc) is 2.80. The molecular formula is C26H32N4. The first-order chi connectivity index (χ1) is 14.7. The number of nitrogens with one attached hydrogen (secondary N) is 2. The molecule has 0 bridgehead atoms. The summed E-state index contributed by atoms with van der Waals surface area (Å²) in [5, 5.41) is 7.39. The van der Waals surface area contributed by atoms with Crippen molar-refractivity contribution in [2.75, 3.05) is 55.3 Å². The Hall–Kier alpha value is -2.98. The highest BCUT2D eigenvalue weighted by Gasteiger charge is 2.18. The van der Waals surface area contributed by atoms with Crippen LogP contribution in [-0.4, -0.2) is 44.7 Å². The van der Waals surface area contributed by atoms with Crippen molar-refractivity contribution in [3.05, 3.63) is 90.0 Å². The number of anilines is 3. The highest BCUT2D eigenvalue weighted by atomic mass is 15.2. The van der Waals surface area contributed by atoms with E-state index in [0.29, 0.717) is 0 Å². The van der Waals surface area contributed by atoms with Crippen molar-refractivity contribution in [3.63, 3.8) is 0 Å². The number of rotatable bonds is 7. The molecule has 0 atom stereocenters. The summed E-state index contributed by atoms with van der Waals surface area (Å²) in [7, 11) is 2.20. The number of piperazine rings is 1. The lowest BCUT2D eigenvalue weighted by molar-refractivity contribution is 0.313. The van der Waals surface area contributed by atoms with Crippen molar-refractivity contribution < 1.29 is 0 Å². The zero-order valence-electron chi connectivity index (χ0n) is 18.0. The van der Waals surface area contributed by atoms with Crippen LogP contribution in [0.1, 0.15) is 24.1 Å². The fraction of sp³-hybridized carbons (Fsp3) is 0.308. The molecule has 0 saturated carbocycles. The maximum absolute atomic E-state index is 3.85. The Morgan fingerprint density at radius 3 is 1.93 bits per heavy atom. The zero-order valence-corrected chi connectivity index (χ0v) is 18.0. The molecule has 1 heterocycles. The van der Waals surface area contributed by atoms with E-state index in [1.165, 1.54) is 16.8 Å². The summed E-state index contributed by atoms with van der Waals surface area (Å²) < 4.78 is 0. The van der Waals surface area contributed by atoms with Crippen LogP contribution >= 0.6 is 0 Å². The van der Waals surface area contributed by atoms with Crippen LogP contribution in [0.4, 0.5) is 17.1 Å². The topological polar surface area (TPSA) is 30.5 Å². The number of likely N-dealkylation sites (N-methyl/N-ethyl adjacent to an activating group) is 1. The lowest BCUT2D eigenvalue weighted by atomic mass is 9.98. The fourth-order valence-corrected chi connectivity index (χ4v) is 4.06. The first kappa shape index (κ1) is 20.3. The summed E-state index contributed by atoms with van der Waals surface area (Å²) in [6.07, 6.45) is 0. The molecule has 0 radical (unpaired) electrons. The van der Waals surface area contributed by atoms with Gasteiger partial charge in [0.05, 0.1) is 17.4 Å². The molecule has 1 aliphatic heterocycles. The molecule has 1 saturated heterocycles. The van der Waals surface area contributed by atoms with Crippen LogP contribution in [0.3, 0.4) is 0 Å². The third kappa shape index (κ3) is 4.77. The van der Waals surface area contributed by atoms with Gasteiger partial charge in [-0.15, -0.1) is 0 Å². The van der Waals surface area contributed by atoms with Gasteiger partial charge in [-0.1, -0.05) is 60.7 Å². The highest BCUT2D eigenvalue weighted by Crippen LogP contribution is 2.34. The minimum atomic E-state index is 0.0903. The van der Waals surface area contributed by atoms with Crippen molar-refractivity contribution in [3.8, 4) is 0 Å². The van der Waals surface area contributed by atoms with Crippen LogP contribution in [0, 0.1) is 0 Å². The molecule has 0 aromatic heterocycles. The first-order valence-corrected chi connectivity index (χ1v) is 10.9. The Bertz CT molecular complexity index is 879. The van der Waals surface area contributed by atoms with Crippen molar-refractivity contribution in [2.24, 2.45) is 0 Å². The predicted octanol–water partition coefficient (Wildman–Crippen LogP) is 5.07. The first-order valence-electron chi connectivity index (χ1n) is 10.9. The second-order valence-corrected chi connectivity index (χ2v) is 7.95. The van der Waals surface area contributed by atoms with E-state index in [1.54, 1.807) is 0 Å². The van der Waals surface area contributed by atoms with E-state index in [9.17, 15) is 0 Å². The van der Waals surface area contributed by atoms with Crippen molar-refractivity contribution >= 4 is 17.1 Å². The molecule has 3 aromatic rings. The van der Waals surface area contributed by atoms with Gasteiger partial charge in [-0.05, 0) is 43.3 Å². The Kier molecular flexibility index (Phi) is 6.55. The molecule has 0 unspecified atom stereocenters. The minimum absolute atomic E-state index is 0.0903. The van der Waals surface area contributed by atoms with Crippen molar-refractivity contribution in [2.45, 2.75) is 13.0 Å². The van der Waals surface area contributed by atoms with Crippen LogP contribution < -0.4 is 15.5 Å². The molecule has 1 aliphatic rings. The molecule has 4 heteroatoms. The van der Waals surface area contributed by atoms with Crippen LogP contribution in [0.15, 0.2) is 78.9 Å². The Labute approximate surface area is 180 Å². The lowest BCUT2D eigenvalue weighted by Gasteiger charge is -2.34. The maximum atomic E-state index is 3.85. The monoisotopic (exact) mass is 400 g/mol. The Morgan fingerprint density at radius 2 is 1.37 bits per heavy atom. The zero-order chi connectivity index (χ0) is 20.8. The van der Waals surface area contributed by atoms with E-state index in [0.717, 1.165) is 44.1 Å². The van der Waals surface area contributed by atoms with Crippen LogP contribution in [-0.2, 0) is 0 Å². The van der Waals surface area contributed by atoms with Gasteiger partial charge in [0.1, 0.15) is 0 Å². The Balaban J connectivity index is 1.68. The molecule has 4 nitrogen and oxygen atoms in total. The van der Waals surface area contributed by atoms with E-state index in [4.69, 9.17) is 0 Å². The summed E-state index contributed by atoms with van der Waals surface area (Å²) in [6, 6.07) is 28.2. The van der Waals surface area contributed by atoms with Crippen molar-refractivity contribution in [1.82, 2.24) is 4.90 Å². The van der Waals surface area contributed by atoms with Gasteiger partial charge < -0.3 is 20.4 Å². The standard InChI is InChI=1S/C26H32N4/c1-3-27-24-15-14-23(30-18-16-29(2)17-19-30)20-25(24)28-26(21-10-6-4-7-11-21)22-12-8-5-9-13-22/h4-15,20,26-28H,3,16-19H2,1-2H3. The number of hydrogen-bond acceptors (Lipinski definition) is 4. The number of nitrogens with zero attached hydrogens (tertiary/aromatic N) is 2. The smallest absolute Gasteiger partial charge is 0.0768 e. The summed E-state index contributed by atoms with van der Waals surface area (Å²) in [5.74, 6) is 0. The molecule has 0 spiro atoms. The van der Waals surface area contributed by atoms with Gasteiger partial charge in [-0.3, -0.25) is 0 Å². The molecule has 0 amide bonds. The number of hydrogen-bond donors (Lipinski definition) is 2. The molecular weight excluding hydrogens is 368 g/mol. The SMILES string of the molecule is CCNc1ccc(N2CCN(C)CC2)cc1NC(c1ccccc1)c1ccccc1. The second-order valence-electron chi connectivity index (χ2n) is 7.95. The summed E-state index contributed by atoms with van der Waals surface area (Å²) >= 11 is 0. The van der Waals surface area contributed by atoms with Crippen LogP contribution in [0.5, 0.6) is 0 Å². The summed E-state index contributed by atoms with van der Waals surface area (Å²) in [4.78, 5) is 4.88. The molecule has 156 valence electrons. The molecule has 30 heavy (non-hydrogen) atoms. The van der Waals surface area contributed by atoms with Crippen LogP contribution in [0.25, 0.3) is 0 Å². The summed E-state index contributed by atoms with van der Waals surface area (Å²) in [5.41, 5.74) is 6.10. The van der Waals surface area contributed by atoms with Gasteiger partial charge >= 0.3 is 0 Å². The Morgan fingerprint density at radius 1 is 0.767 bits per heavy atom. The summed E-state index contributed by atoms with van der Waals surface area (Å²) in [6.45, 7) is 7.38.